The molecular formula is C10H17N7S. The monoisotopic (exact) mass is 267 g/mol. The van der Waals surface area contributed by atoms with Crippen LogP contribution in [0, 0.1) is 0 Å². The number of thioether (sulfide) groups is 1. The van der Waals surface area contributed by atoms with E-state index in [9.17, 15) is 0 Å². The molecule has 18 heavy (non-hydrogen) atoms. The predicted octanol–water partition coefficient (Wildman–Crippen LogP) is 0.531. The Morgan fingerprint density at radius 2 is 2.28 bits per heavy atom. The summed E-state index contributed by atoms with van der Waals surface area (Å²) in [4.78, 5) is 4.17. The van der Waals surface area contributed by atoms with Crippen LogP contribution in [-0.4, -0.2) is 36.3 Å². The van der Waals surface area contributed by atoms with Crippen molar-refractivity contribution in [3.63, 3.8) is 0 Å². The minimum atomic E-state index is 0.534. The first-order valence-electron chi connectivity index (χ1n) is 5.93. The maximum atomic E-state index is 5.50. The van der Waals surface area contributed by atoms with Crippen molar-refractivity contribution in [1.82, 2.24) is 29.8 Å². The summed E-state index contributed by atoms with van der Waals surface area (Å²) < 4.78 is 3.88. The maximum Gasteiger partial charge on any atom is 0.209 e. The number of hydrogen-bond donors (Lipinski definition) is 1. The van der Waals surface area contributed by atoms with E-state index in [2.05, 4.69) is 32.0 Å². The first kappa shape index (κ1) is 13.0. The normalized spacial score (nSPS) is 11.0. The minimum Gasteiger partial charge on any atom is -0.334 e. The van der Waals surface area contributed by atoms with E-state index in [-0.39, 0.29) is 0 Å². The summed E-state index contributed by atoms with van der Waals surface area (Å²) in [6.07, 6.45) is 4.85. The second-order valence-corrected chi connectivity index (χ2v) is 4.78. The number of aromatic nitrogens is 6. The molecule has 7 nitrogen and oxygen atoms in total. The van der Waals surface area contributed by atoms with Crippen molar-refractivity contribution in [2.45, 2.75) is 37.3 Å². The van der Waals surface area contributed by atoms with Crippen molar-refractivity contribution < 1.29 is 0 Å². The zero-order valence-corrected chi connectivity index (χ0v) is 11.2. The van der Waals surface area contributed by atoms with Gasteiger partial charge in [0.05, 0.1) is 12.9 Å². The molecule has 0 aromatic carbocycles. The molecule has 2 aromatic heterocycles. The first-order valence-corrected chi connectivity index (χ1v) is 6.91. The van der Waals surface area contributed by atoms with Gasteiger partial charge >= 0.3 is 0 Å². The molecule has 0 saturated carbocycles. The lowest BCUT2D eigenvalue weighted by Crippen LogP contribution is -2.12. The largest absolute Gasteiger partial charge is 0.334 e. The molecule has 0 radical (unpaired) electrons. The molecule has 2 aromatic rings. The fourth-order valence-electron chi connectivity index (χ4n) is 1.61. The summed E-state index contributed by atoms with van der Waals surface area (Å²) in [5, 5.41) is 12.3. The van der Waals surface area contributed by atoms with Gasteiger partial charge in [0.2, 0.25) is 5.16 Å². The molecule has 98 valence electrons. The summed E-state index contributed by atoms with van der Waals surface area (Å²) in [7, 11) is 0. The third-order valence-electron chi connectivity index (χ3n) is 2.45. The van der Waals surface area contributed by atoms with E-state index in [0.717, 1.165) is 23.9 Å². The molecule has 0 aliphatic rings. The van der Waals surface area contributed by atoms with Crippen molar-refractivity contribution in [3.05, 3.63) is 18.2 Å². The molecule has 8 heteroatoms. The lowest BCUT2D eigenvalue weighted by Gasteiger charge is -2.06. The van der Waals surface area contributed by atoms with Crippen molar-refractivity contribution in [2.75, 3.05) is 6.54 Å². The zero-order valence-electron chi connectivity index (χ0n) is 10.4. The molecule has 2 rings (SSSR count). The lowest BCUT2D eigenvalue weighted by molar-refractivity contribution is 0.556. The highest BCUT2D eigenvalue weighted by atomic mass is 32.2. The highest BCUT2D eigenvalue weighted by Crippen LogP contribution is 2.19. The third kappa shape index (κ3) is 3.08. The van der Waals surface area contributed by atoms with Gasteiger partial charge in [0.25, 0.3) is 0 Å². The predicted molar refractivity (Wildman–Crippen MR) is 69.0 cm³/mol. The van der Waals surface area contributed by atoms with Crippen LogP contribution in [0.15, 0.2) is 17.7 Å². The van der Waals surface area contributed by atoms with Gasteiger partial charge in [-0.3, -0.25) is 0 Å². The number of nitrogens with two attached hydrogens (primary N) is 1. The number of aryl methyl sites for hydroxylation is 1. The second-order valence-electron chi connectivity index (χ2n) is 3.84. The van der Waals surface area contributed by atoms with Crippen LogP contribution < -0.4 is 5.73 Å². The molecule has 0 aliphatic carbocycles. The molecule has 0 atom stereocenters. The Bertz CT molecular complexity index is 434. The van der Waals surface area contributed by atoms with Gasteiger partial charge in [-0.15, -0.1) is 5.10 Å². The van der Waals surface area contributed by atoms with Crippen LogP contribution in [0.25, 0.3) is 0 Å². The van der Waals surface area contributed by atoms with Crippen LogP contribution in [0.4, 0.5) is 0 Å². The highest BCUT2D eigenvalue weighted by molar-refractivity contribution is 7.98. The van der Waals surface area contributed by atoms with E-state index < -0.39 is 0 Å². The molecular weight excluding hydrogens is 250 g/mol. The van der Waals surface area contributed by atoms with Crippen LogP contribution in [0.1, 0.15) is 19.0 Å². The summed E-state index contributed by atoms with van der Waals surface area (Å²) in [5.41, 5.74) is 6.69. The molecule has 0 aliphatic heterocycles. The summed E-state index contributed by atoms with van der Waals surface area (Å²) in [6.45, 7) is 4.32. The number of nitrogens with zero attached hydrogens (tertiary/aromatic N) is 6. The first-order chi connectivity index (χ1) is 8.85. The van der Waals surface area contributed by atoms with Gasteiger partial charge in [-0.25, -0.2) is 9.67 Å². The Hall–Kier alpha value is -1.41. The van der Waals surface area contributed by atoms with E-state index in [1.54, 1.807) is 16.4 Å². The van der Waals surface area contributed by atoms with E-state index in [1.165, 1.54) is 5.69 Å². The van der Waals surface area contributed by atoms with Gasteiger partial charge in [-0.2, -0.15) is 0 Å². The van der Waals surface area contributed by atoms with Gasteiger partial charge in [-0.05, 0) is 16.8 Å². The summed E-state index contributed by atoms with van der Waals surface area (Å²) in [5.74, 6) is 0.810. The van der Waals surface area contributed by atoms with Crippen LogP contribution in [-0.2, 0) is 18.8 Å². The van der Waals surface area contributed by atoms with E-state index in [1.807, 2.05) is 12.5 Å². The lowest BCUT2D eigenvalue weighted by atomic mass is 10.4. The van der Waals surface area contributed by atoms with Gasteiger partial charge in [-0.1, -0.05) is 18.7 Å². The van der Waals surface area contributed by atoms with Crippen molar-refractivity contribution in [1.29, 1.82) is 0 Å². The Balaban J connectivity index is 1.98. The summed E-state index contributed by atoms with van der Waals surface area (Å²) in [6, 6.07) is 0. The van der Waals surface area contributed by atoms with Crippen LogP contribution in [0.2, 0.25) is 0 Å². The number of hydrogen-bond acceptors (Lipinski definition) is 6. The van der Waals surface area contributed by atoms with Crippen molar-refractivity contribution in [3.8, 4) is 0 Å². The van der Waals surface area contributed by atoms with Gasteiger partial charge in [0, 0.05) is 30.7 Å². The average Bonchev–Trinajstić information content (AvgIpc) is 2.97. The number of rotatable bonds is 7. The van der Waals surface area contributed by atoms with Crippen molar-refractivity contribution >= 4 is 11.8 Å². The Labute approximate surface area is 110 Å². The van der Waals surface area contributed by atoms with E-state index >= 15 is 0 Å². The molecule has 0 fully saturated rings. The van der Waals surface area contributed by atoms with Crippen molar-refractivity contribution in [2.24, 2.45) is 5.73 Å². The maximum absolute atomic E-state index is 5.50. The molecule has 0 saturated heterocycles. The Kier molecular flexibility index (Phi) is 4.71. The molecule has 0 unspecified atom stereocenters. The number of tetrazole rings is 1. The fraction of sp³-hybridized carbons (Fsp3) is 0.600. The molecule has 2 N–H and O–H groups in total. The van der Waals surface area contributed by atoms with Gasteiger partial charge < -0.3 is 10.3 Å². The topological polar surface area (TPSA) is 87.4 Å². The highest BCUT2D eigenvalue weighted by Gasteiger charge is 2.08. The molecule has 0 amide bonds. The van der Waals surface area contributed by atoms with E-state index in [4.69, 9.17) is 5.73 Å². The zero-order chi connectivity index (χ0) is 12.8. The Morgan fingerprint density at radius 1 is 1.39 bits per heavy atom. The average molecular weight is 267 g/mol. The molecule has 0 spiro atoms. The van der Waals surface area contributed by atoms with Gasteiger partial charge in [0.15, 0.2) is 0 Å². The number of imidazole rings is 1. The SMILES string of the molecule is CCCn1cncc1CSc1nnnn1CCN. The standard InChI is InChI=1S/C10H17N7S/c1-2-4-16-8-12-6-9(16)7-18-10-13-14-15-17(10)5-3-11/h6,8H,2-5,7,11H2,1H3. The van der Waals surface area contributed by atoms with Crippen LogP contribution in [0.5, 0.6) is 0 Å². The smallest absolute Gasteiger partial charge is 0.209 e. The Morgan fingerprint density at radius 3 is 3.06 bits per heavy atom. The van der Waals surface area contributed by atoms with Gasteiger partial charge in [0.1, 0.15) is 0 Å². The molecule has 2 heterocycles. The third-order valence-corrected chi connectivity index (χ3v) is 3.44. The minimum absolute atomic E-state index is 0.534. The second kappa shape index (κ2) is 6.50. The molecule has 0 bridgehead atoms. The summed E-state index contributed by atoms with van der Waals surface area (Å²) >= 11 is 1.60. The quantitative estimate of drug-likeness (QED) is 0.736. The van der Waals surface area contributed by atoms with E-state index in [0.29, 0.717) is 13.1 Å². The fourth-order valence-corrected chi connectivity index (χ4v) is 2.50. The van der Waals surface area contributed by atoms with Crippen LogP contribution >= 0.6 is 11.8 Å². The van der Waals surface area contributed by atoms with Crippen LogP contribution in [0.3, 0.4) is 0 Å².